The molecule has 1 heterocycles. The Bertz CT molecular complexity index is 1150. The van der Waals surface area contributed by atoms with Crippen LogP contribution in [0, 0.1) is 0 Å². The van der Waals surface area contributed by atoms with Crippen LogP contribution in [-0.4, -0.2) is 25.4 Å². The molecule has 0 aliphatic heterocycles. The number of unbranched alkanes of at least 4 members (excludes halogenated alkanes) is 7. The molecule has 0 aliphatic rings. The zero-order chi connectivity index (χ0) is 24.3. The monoisotopic (exact) mass is 484 g/mol. The molecule has 2 aromatic carbocycles. The highest BCUT2D eigenvalue weighted by Crippen LogP contribution is 2.32. The van der Waals surface area contributed by atoms with Crippen LogP contribution in [0.3, 0.4) is 0 Å². The molecule has 0 bridgehead atoms. The molecule has 3 aromatic rings. The first kappa shape index (κ1) is 26.1. The zero-order valence-electron chi connectivity index (χ0n) is 20.6. The fraction of sp³-hybridized carbons (Fsp3) is 0.500. The maximum absolute atomic E-state index is 13.4. The highest BCUT2D eigenvalue weighted by Gasteiger charge is 2.16. The van der Waals surface area contributed by atoms with E-state index in [1.807, 2.05) is 12.3 Å². The maximum Gasteiger partial charge on any atom is 0.338 e. The van der Waals surface area contributed by atoms with Gasteiger partial charge in [-0.25, -0.2) is 4.79 Å². The molecule has 0 atom stereocenters. The van der Waals surface area contributed by atoms with Gasteiger partial charge in [0.25, 0.3) is 0 Å². The molecule has 0 saturated carbocycles. The Morgan fingerprint density at radius 3 is 2.35 bits per heavy atom. The van der Waals surface area contributed by atoms with Crippen LogP contribution >= 0.6 is 11.8 Å². The summed E-state index contributed by atoms with van der Waals surface area (Å²) in [5.74, 6) is 0.252. The SMILES string of the molecule is CCCCCCCCOc1cc(SC)c2oc3ccc(C(=O)OCCCCC)cc3c(=O)c2c1. The summed E-state index contributed by atoms with van der Waals surface area (Å²) >= 11 is 1.52. The average molecular weight is 485 g/mol. The van der Waals surface area contributed by atoms with Gasteiger partial charge in [0.15, 0.2) is 5.58 Å². The summed E-state index contributed by atoms with van der Waals surface area (Å²) in [7, 11) is 0. The molecule has 0 fully saturated rings. The second kappa shape index (κ2) is 13.4. The second-order valence-corrected chi connectivity index (χ2v) is 9.45. The van der Waals surface area contributed by atoms with Crippen molar-refractivity contribution in [2.75, 3.05) is 19.5 Å². The Morgan fingerprint density at radius 2 is 1.59 bits per heavy atom. The zero-order valence-corrected chi connectivity index (χ0v) is 21.4. The van der Waals surface area contributed by atoms with Crippen molar-refractivity contribution in [1.82, 2.24) is 0 Å². The number of hydrogen-bond acceptors (Lipinski definition) is 6. The quantitative estimate of drug-likeness (QED) is 0.101. The van der Waals surface area contributed by atoms with Gasteiger partial charge in [0.2, 0.25) is 5.43 Å². The lowest BCUT2D eigenvalue weighted by molar-refractivity contribution is 0.0498. The van der Waals surface area contributed by atoms with Crippen molar-refractivity contribution in [3.05, 3.63) is 46.1 Å². The van der Waals surface area contributed by atoms with Crippen molar-refractivity contribution in [3.63, 3.8) is 0 Å². The minimum Gasteiger partial charge on any atom is -0.494 e. The highest BCUT2D eigenvalue weighted by molar-refractivity contribution is 7.98. The van der Waals surface area contributed by atoms with E-state index in [0.717, 1.165) is 37.0 Å². The summed E-state index contributed by atoms with van der Waals surface area (Å²) in [5.41, 5.74) is 1.19. The number of carbonyl (C=O) groups excluding carboxylic acids is 1. The summed E-state index contributed by atoms with van der Waals surface area (Å²) in [6, 6.07) is 8.58. The number of rotatable bonds is 14. The third-order valence-corrected chi connectivity index (χ3v) is 6.66. The lowest BCUT2D eigenvalue weighted by atomic mass is 10.1. The topological polar surface area (TPSA) is 65.7 Å². The molecule has 0 aliphatic carbocycles. The lowest BCUT2D eigenvalue weighted by Crippen LogP contribution is -2.09. The van der Waals surface area contributed by atoms with Crippen LogP contribution < -0.4 is 10.2 Å². The maximum atomic E-state index is 13.4. The number of thioether (sulfide) groups is 1. The van der Waals surface area contributed by atoms with Crippen LogP contribution in [0.15, 0.2) is 44.4 Å². The molecule has 0 N–H and O–H groups in total. The largest absolute Gasteiger partial charge is 0.494 e. The molecule has 6 heteroatoms. The molecule has 1 aromatic heterocycles. The summed E-state index contributed by atoms with van der Waals surface area (Å²) in [5, 5.41) is 0.835. The minimum atomic E-state index is -0.418. The molecule has 0 unspecified atom stereocenters. The van der Waals surface area contributed by atoms with E-state index in [1.165, 1.54) is 37.4 Å². The Balaban J connectivity index is 1.82. The molecule has 5 nitrogen and oxygen atoms in total. The molecule has 184 valence electrons. The van der Waals surface area contributed by atoms with Crippen molar-refractivity contribution < 1.29 is 18.7 Å². The van der Waals surface area contributed by atoms with Gasteiger partial charge in [-0.05, 0) is 49.4 Å². The van der Waals surface area contributed by atoms with Crippen LogP contribution in [-0.2, 0) is 4.74 Å². The number of esters is 1. The fourth-order valence-corrected chi connectivity index (χ4v) is 4.51. The lowest BCUT2D eigenvalue weighted by Gasteiger charge is -2.11. The van der Waals surface area contributed by atoms with Gasteiger partial charge < -0.3 is 13.9 Å². The molecule has 34 heavy (non-hydrogen) atoms. The van der Waals surface area contributed by atoms with Crippen LogP contribution in [0.25, 0.3) is 21.9 Å². The van der Waals surface area contributed by atoms with Crippen molar-refractivity contribution in [2.24, 2.45) is 0 Å². The fourth-order valence-electron chi connectivity index (χ4n) is 3.94. The van der Waals surface area contributed by atoms with E-state index in [9.17, 15) is 9.59 Å². The predicted octanol–water partition coefficient (Wildman–Crippen LogP) is 7.75. The van der Waals surface area contributed by atoms with E-state index in [0.29, 0.717) is 46.5 Å². The highest BCUT2D eigenvalue weighted by atomic mass is 32.2. The smallest absolute Gasteiger partial charge is 0.338 e. The van der Waals surface area contributed by atoms with Gasteiger partial charge >= 0.3 is 5.97 Å². The van der Waals surface area contributed by atoms with Gasteiger partial charge in [0, 0.05) is 0 Å². The molecular formula is C28H36O5S. The first-order valence-electron chi connectivity index (χ1n) is 12.5. The van der Waals surface area contributed by atoms with Gasteiger partial charge in [-0.2, -0.15) is 0 Å². The standard InChI is InChI=1S/C28H36O5S/c1-4-6-8-9-10-12-15-31-21-18-23-26(29)22-17-20(28(30)32-16-11-7-5-2)13-14-24(22)33-27(23)25(19-21)34-3/h13-14,17-19H,4-12,15-16H2,1-3H3. The van der Waals surface area contributed by atoms with Gasteiger partial charge in [-0.15, -0.1) is 11.8 Å². The van der Waals surface area contributed by atoms with E-state index in [-0.39, 0.29) is 5.43 Å². The Labute approximate surface area is 206 Å². The molecule has 0 spiro atoms. The van der Waals surface area contributed by atoms with E-state index in [2.05, 4.69) is 13.8 Å². The molecule has 0 saturated heterocycles. The third-order valence-electron chi connectivity index (χ3n) is 5.91. The van der Waals surface area contributed by atoms with Crippen molar-refractivity contribution >= 4 is 39.7 Å². The van der Waals surface area contributed by atoms with Gasteiger partial charge in [0.05, 0.1) is 34.4 Å². The first-order chi connectivity index (χ1) is 16.6. The summed E-state index contributed by atoms with van der Waals surface area (Å²) in [6.07, 6.45) is 12.0. The summed E-state index contributed by atoms with van der Waals surface area (Å²) in [6.45, 7) is 5.32. The second-order valence-electron chi connectivity index (χ2n) is 8.60. The van der Waals surface area contributed by atoms with E-state index in [1.54, 1.807) is 24.3 Å². The number of fused-ring (bicyclic) bond motifs is 2. The molecule has 3 rings (SSSR count). The van der Waals surface area contributed by atoms with E-state index < -0.39 is 5.97 Å². The van der Waals surface area contributed by atoms with Crippen molar-refractivity contribution in [3.8, 4) is 5.75 Å². The summed E-state index contributed by atoms with van der Waals surface area (Å²) < 4.78 is 17.4. The number of benzene rings is 2. The summed E-state index contributed by atoms with van der Waals surface area (Å²) in [4.78, 5) is 26.7. The first-order valence-corrected chi connectivity index (χ1v) is 13.7. The average Bonchev–Trinajstić information content (AvgIpc) is 2.86. The number of ether oxygens (including phenoxy) is 2. The van der Waals surface area contributed by atoms with Crippen LogP contribution in [0.2, 0.25) is 0 Å². The number of carbonyl (C=O) groups is 1. The third kappa shape index (κ3) is 6.78. The normalized spacial score (nSPS) is 11.3. The van der Waals surface area contributed by atoms with Gasteiger partial charge in [0.1, 0.15) is 11.3 Å². The molecule has 0 amide bonds. The molecular weight excluding hydrogens is 448 g/mol. The van der Waals surface area contributed by atoms with Crippen LogP contribution in [0.4, 0.5) is 0 Å². The van der Waals surface area contributed by atoms with Crippen LogP contribution in [0.5, 0.6) is 5.75 Å². The Kier molecular flexibility index (Phi) is 10.3. The van der Waals surface area contributed by atoms with Gasteiger partial charge in [-0.3, -0.25) is 4.79 Å². The van der Waals surface area contributed by atoms with Crippen LogP contribution in [0.1, 0.15) is 82.0 Å². The number of hydrogen-bond donors (Lipinski definition) is 0. The molecule has 0 radical (unpaired) electrons. The Hall–Kier alpha value is -2.47. The van der Waals surface area contributed by atoms with Gasteiger partial charge in [-0.1, -0.05) is 58.8 Å². The van der Waals surface area contributed by atoms with E-state index >= 15 is 0 Å². The van der Waals surface area contributed by atoms with E-state index in [4.69, 9.17) is 13.9 Å². The Morgan fingerprint density at radius 1 is 0.882 bits per heavy atom. The predicted molar refractivity (Wildman–Crippen MR) is 140 cm³/mol. The minimum absolute atomic E-state index is 0.169. The van der Waals surface area contributed by atoms with Crippen molar-refractivity contribution in [1.29, 1.82) is 0 Å². The van der Waals surface area contributed by atoms with Crippen molar-refractivity contribution in [2.45, 2.75) is 76.5 Å².